The molecule has 0 heterocycles. The molecule has 0 amide bonds. The van der Waals surface area contributed by atoms with Crippen LogP contribution in [0.3, 0.4) is 0 Å². The van der Waals surface area contributed by atoms with Crippen molar-refractivity contribution in [1.29, 1.82) is 0 Å². The van der Waals surface area contributed by atoms with Gasteiger partial charge in [-0.25, -0.2) is 8.78 Å². The minimum atomic E-state index is -6.20. The summed E-state index contributed by atoms with van der Waals surface area (Å²) in [5.74, 6) is -17.7. The van der Waals surface area contributed by atoms with Crippen LogP contribution in [0.4, 0.5) is 35.1 Å². The molecule has 0 aliphatic rings. The van der Waals surface area contributed by atoms with Crippen LogP contribution in [-0.4, -0.2) is 18.3 Å². The average Bonchev–Trinajstić information content (AvgIpc) is 2.29. The molecule has 0 N–H and O–H groups in total. The zero-order valence-corrected chi connectivity index (χ0v) is 8.49. The number of alkyl halides is 8. The molecule has 0 spiro atoms. The topological polar surface area (TPSA) is 0 Å². The highest BCUT2D eigenvalue weighted by Gasteiger charge is 2.75. The van der Waals surface area contributed by atoms with Crippen molar-refractivity contribution in [3.63, 3.8) is 0 Å². The van der Waals surface area contributed by atoms with Gasteiger partial charge in [-0.1, -0.05) is 30.3 Å². The zero-order chi connectivity index (χ0) is 14.2. The third-order valence-corrected chi connectivity index (χ3v) is 2.22. The van der Waals surface area contributed by atoms with Gasteiger partial charge < -0.3 is 0 Å². The second-order valence-corrected chi connectivity index (χ2v) is 3.44. The maximum atomic E-state index is 13.2. The fraction of sp³-hybridized carbons (Fsp3) is 0.400. The van der Waals surface area contributed by atoms with Gasteiger partial charge in [0.05, 0.1) is 0 Å². The lowest BCUT2D eigenvalue weighted by Gasteiger charge is -2.32. The average molecular weight is 278 g/mol. The number of halogens is 8. The van der Waals surface area contributed by atoms with E-state index >= 15 is 0 Å². The van der Waals surface area contributed by atoms with Crippen LogP contribution >= 0.6 is 0 Å². The molecule has 0 nitrogen and oxygen atoms in total. The zero-order valence-electron chi connectivity index (χ0n) is 8.49. The summed E-state index contributed by atoms with van der Waals surface area (Å²) in [5, 5.41) is 0. The van der Waals surface area contributed by atoms with Gasteiger partial charge >= 0.3 is 24.2 Å². The normalized spacial score (nSPS) is 14.1. The first-order valence-corrected chi connectivity index (χ1v) is 4.52. The van der Waals surface area contributed by atoms with E-state index in [0.29, 0.717) is 12.1 Å². The molecular weight excluding hydrogens is 272 g/mol. The summed E-state index contributed by atoms with van der Waals surface area (Å²) in [5.41, 5.74) is -1.46. The molecule has 8 heteroatoms. The predicted octanol–water partition coefficient (Wildman–Crippen LogP) is 4.31. The van der Waals surface area contributed by atoms with E-state index in [-0.39, 0.29) is 0 Å². The molecule has 102 valence electrons. The SMILES string of the molecule is FC(F)C(F)(F)C(F)(F)C(F)(F)c1ccccc1. The van der Waals surface area contributed by atoms with E-state index in [9.17, 15) is 35.1 Å². The van der Waals surface area contributed by atoms with Gasteiger partial charge in [0.1, 0.15) is 0 Å². The van der Waals surface area contributed by atoms with E-state index in [2.05, 4.69) is 0 Å². The van der Waals surface area contributed by atoms with E-state index in [1.54, 1.807) is 0 Å². The molecule has 0 aromatic heterocycles. The lowest BCUT2D eigenvalue weighted by molar-refractivity contribution is -0.343. The van der Waals surface area contributed by atoms with Crippen LogP contribution in [0.2, 0.25) is 0 Å². The minimum Gasteiger partial charge on any atom is -0.203 e. The van der Waals surface area contributed by atoms with E-state index in [1.165, 1.54) is 6.07 Å². The molecule has 0 atom stereocenters. The largest absolute Gasteiger partial charge is 0.382 e. The van der Waals surface area contributed by atoms with Crippen LogP contribution in [0.5, 0.6) is 0 Å². The van der Waals surface area contributed by atoms with Crippen LogP contribution in [0.25, 0.3) is 0 Å². The molecule has 0 bridgehead atoms. The Morgan fingerprint density at radius 3 is 1.61 bits per heavy atom. The van der Waals surface area contributed by atoms with Gasteiger partial charge in [-0.05, 0) is 0 Å². The van der Waals surface area contributed by atoms with Crippen LogP contribution in [-0.2, 0) is 5.92 Å². The van der Waals surface area contributed by atoms with Gasteiger partial charge in [0.2, 0.25) is 0 Å². The highest BCUT2D eigenvalue weighted by atomic mass is 19.4. The Morgan fingerprint density at radius 2 is 1.22 bits per heavy atom. The summed E-state index contributed by atoms with van der Waals surface area (Å²) in [6.45, 7) is 0. The van der Waals surface area contributed by atoms with Crippen LogP contribution in [0.1, 0.15) is 5.56 Å². The van der Waals surface area contributed by atoms with Crippen molar-refractivity contribution in [2.45, 2.75) is 24.2 Å². The molecule has 0 unspecified atom stereocenters. The standard InChI is InChI=1S/C10H6F8/c11-7(12)9(15,16)10(17,18)8(13,14)6-4-2-1-3-5-6/h1-5,7H. The molecule has 0 saturated heterocycles. The highest BCUT2D eigenvalue weighted by molar-refractivity contribution is 5.24. The van der Waals surface area contributed by atoms with Gasteiger partial charge in [-0.2, -0.15) is 26.3 Å². The first-order chi connectivity index (χ1) is 8.05. The minimum absolute atomic E-state index is 0.454. The summed E-state index contributed by atoms with van der Waals surface area (Å²) in [6, 6.07) is 3.90. The molecule has 0 radical (unpaired) electrons. The molecule has 0 aliphatic heterocycles. The Bertz CT molecular complexity index is 398. The molecule has 1 aromatic rings. The van der Waals surface area contributed by atoms with Gasteiger partial charge in [0.25, 0.3) is 0 Å². The molecule has 0 aliphatic carbocycles. The summed E-state index contributed by atoms with van der Waals surface area (Å²) in [4.78, 5) is 0. The number of benzene rings is 1. The summed E-state index contributed by atoms with van der Waals surface area (Å²) >= 11 is 0. The first kappa shape index (κ1) is 14.7. The molecule has 0 saturated carbocycles. The van der Waals surface area contributed by atoms with Crippen molar-refractivity contribution < 1.29 is 35.1 Å². The second-order valence-electron chi connectivity index (χ2n) is 3.44. The lowest BCUT2D eigenvalue weighted by atomic mass is 9.97. The van der Waals surface area contributed by atoms with E-state index < -0.39 is 29.8 Å². The Kier molecular flexibility index (Phi) is 3.60. The van der Waals surface area contributed by atoms with Crippen molar-refractivity contribution >= 4 is 0 Å². The van der Waals surface area contributed by atoms with Crippen molar-refractivity contribution in [3.05, 3.63) is 35.9 Å². The smallest absolute Gasteiger partial charge is 0.203 e. The van der Waals surface area contributed by atoms with E-state index in [1.807, 2.05) is 0 Å². The molecule has 18 heavy (non-hydrogen) atoms. The predicted molar refractivity (Wildman–Crippen MR) is 46.2 cm³/mol. The number of hydrogen-bond donors (Lipinski definition) is 0. The lowest BCUT2D eigenvalue weighted by Crippen LogP contribution is -2.56. The third kappa shape index (κ3) is 2.04. The molecule has 1 rings (SSSR count). The van der Waals surface area contributed by atoms with Gasteiger partial charge in [-0.15, -0.1) is 0 Å². The fourth-order valence-corrected chi connectivity index (χ4v) is 1.18. The van der Waals surface area contributed by atoms with Crippen LogP contribution in [0.15, 0.2) is 30.3 Å². The Hall–Kier alpha value is -1.34. The maximum Gasteiger partial charge on any atom is 0.382 e. The van der Waals surface area contributed by atoms with Gasteiger partial charge in [0.15, 0.2) is 0 Å². The van der Waals surface area contributed by atoms with Crippen molar-refractivity contribution in [3.8, 4) is 0 Å². The molecule has 1 aromatic carbocycles. The summed E-state index contributed by atoms with van der Waals surface area (Å²) in [7, 11) is 0. The summed E-state index contributed by atoms with van der Waals surface area (Å²) in [6.07, 6.45) is -4.90. The molecule has 0 fully saturated rings. The van der Waals surface area contributed by atoms with E-state index in [4.69, 9.17) is 0 Å². The highest BCUT2D eigenvalue weighted by Crippen LogP contribution is 2.52. The van der Waals surface area contributed by atoms with Gasteiger partial charge in [-0.3, -0.25) is 0 Å². The van der Waals surface area contributed by atoms with Crippen molar-refractivity contribution in [2.75, 3.05) is 0 Å². The first-order valence-electron chi connectivity index (χ1n) is 4.52. The number of hydrogen-bond acceptors (Lipinski definition) is 0. The van der Waals surface area contributed by atoms with Crippen molar-refractivity contribution in [2.24, 2.45) is 0 Å². The Morgan fingerprint density at radius 1 is 0.778 bits per heavy atom. The molecular formula is C10H6F8. The van der Waals surface area contributed by atoms with Crippen LogP contribution < -0.4 is 0 Å². The third-order valence-electron chi connectivity index (χ3n) is 2.22. The van der Waals surface area contributed by atoms with E-state index in [0.717, 1.165) is 12.1 Å². The van der Waals surface area contributed by atoms with Crippen LogP contribution in [0, 0.1) is 0 Å². The van der Waals surface area contributed by atoms with Crippen molar-refractivity contribution in [1.82, 2.24) is 0 Å². The van der Waals surface area contributed by atoms with Gasteiger partial charge in [0, 0.05) is 5.56 Å². The monoisotopic (exact) mass is 278 g/mol. The maximum absolute atomic E-state index is 13.2. The summed E-state index contributed by atoms with van der Waals surface area (Å²) < 4.78 is 101. The quantitative estimate of drug-likeness (QED) is 0.720. The Balaban J connectivity index is 3.27. The number of rotatable bonds is 4. The fourth-order valence-electron chi connectivity index (χ4n) is 1.18. The Labute approximate surface area is 96.2 Å². The second kappa shape index (κ2) is 4.40.